The van der Waals surface area contributed by atoms with Crippen LogP contribution in [0.5, 0.6) is 0 Å². The molecule has 172 valence electrons. The molecule has 0 bridgehead atoms. The predicted molar refractivity (Wildman–Crippen MR) is 125 cm³/mol. The number of pyridine rings is 1. The highest BCUT2D eigenvalue weighted by atomic mass is 16.5. The summed E-state index contributed by atoms with van der Waals surface area (Å²) in [6.45, 7) is 15.2. The summed E-state index contributed by atoms with van der Waals surface area (Å²) in [5, 5.41) is 12.7. The van der Waals surface area contributed by atoms with Gasteiger partial charge in [0, 0.05) is 5.92 Å². The molecule has 0 saturated heterocycles. The SMILES string of the molecule is C/C=C(/OC1CCCCC1NC(=O)C(C)C)c1c(CC)nc(C)c(C(=O)O)c1N.C=C. The van der Waals surface area contributed by atoms with Crippen LogP contribution in [0.2, 0.25) is 0 Å². The van der Waals surface area contributed by atoms with Gasteiger partial charge in [-0.3, -0.25) is 9.78 Å². The van der Waals surface area contributed by atoms with Crippen LogP contribution in [0.4, 0.5) is 5.69 Å². The maximum atomic E-state index is 12.2. The van der Waals surface area contributed by atoms with Gasteiger partial charge in [-0.1, -0.05) is 27.2 Å². The lowest BCUT2D eigenvalue weighted by atomic mass is 9.91. The predicted octanol–water partition coefficient (Wildman–Crippen LogP) is 4.50. The number of hydrogen-bond acceptors (Lipinski definition) is 5. The fraction of sp³-hybridized carbons (Fsp3) is 0.542. The van der Waals surface area contributed by atoms with Crippen LogP contribution in [0.25, 0.3) is 5.76 Å². The van der Waals surface area contributed by atoms with Crippen LogP contribution in [-0.4, -0.2) is 34.1 Å². The average Bonchev–Trinajstić information content (AvgIpc) is 2.74. The molecule has 1 aromatic heterocycles. The molecule has 1 saturated carbocycles. The molecule has 7 nitrogen and oxygen atoms in total. The zero-order valence-electron chi connectivity index (χ0n) is 19.5. The Hall–Kier alpha value is -2.83. The minimum Gasteiger partial charge on any atom is -0.488 e. The zero-order chi connectivity index (χ0) is 23.7. The van der Waals surface area contributed by atoms with E-state index in [-0.39, 0.29) is 35.2 Å². The largest absolute Gasteiger partial charge is 0.488 e. The Labute approximate surface area is 185 Å². The van der Waals surface area contributed by atoms with Crippen LogP contribution < -0.4 is 11.1 Å². The fourth-order valence-electron chi connectivity index (χ4n) is 3.78. The average molecular weight is 432 g/mol. The first-order valence-corrected chi connectivity index (χ1v) is 10.9. The highest BCUT2D eigenvalue weighted by molar-refractivity contribution is 5.97. The molecule has 1 fully saturated rings. The number of anilines is 1. The van der Waals surface area contributed by atoms with Gasteiger partial charge < -0.3 is 20.9 Å². The van der Waals surface area contributed by atoms with Crippen LogP contribution in [0.3, 0.4) is 0 Å². The Morgan fingerprint density at radius 3 is 2.42 bits per heavy atom. The third-order valence-electron chi connectivity index (χ3n) is 5.38. The Morgan fingerprint density at radius 1 is 1.29 bits per heavy atom. The lowest BCUT2D eigenvalue weighted by molar-refractivity contribution is -0.125. The summed E-state index contributed by atoms with van der Waals surface area (Å²) in [4.78, 5) is 28.4. The Balaban J connectivity index is 0.00000233. The van der Waals surface area contributed by atoms with Crippen molar-refractivity contribution < 1.29 is 19.4 Å². The minimum atomic E-state index is -1.11. The molecule has 0 radical (unpaired) electrons. The van der Waals surface area contributed by atoms with Crippen molar-refractivity contribution in [3.8, 4) is 0 Å². The maximum absolute atomic E-state index is 12.2. The van der Waals surface area contributed by atoms with Gasteiger partial charge in [0.1, 0.15) is 17.4 Å². The number of nitrogen functional groups attached to an aromatic ring is 1. The second-order valence-electron chi connectivity index (χ2n) is 7.83. The lowest BCUT2D eigenvalue weighted by Crippen LogP contribution is -2.47. The first-order valence-electron chi connectivity index (χ1n) is 10.9. The number of carbonyl (C=O) groups is 2. The highest BCUT2D eigenvalue weighted by Crippen LogP contribution is 2.34. The number of carbonyl (C=O) groups excluding carboxylic acids is 1. The van der Waals surface area contributed by atoms with Crippen LogP contribution in [-0.2, 0) is 16.0 Å². The summed E-state index contributed by atoms with van der Waals surface area (Å²) >= 11 is 0. The molecule has 1 aromatic rings. The quantitative estimate of drug-likeness (QED) is 0.433. The van der Waals surface area contributed by atoms with E-state index in [2.05, 4.69) is 23.5 Å². The highest BCUT2D eigenvalue weighted by Gasteiger charge is 2.31. The fourth-order valence-corrected chi connectivity index (χ4v) is 3.78. The molecule has 31 heavy (non-hydrogen) atoms. The monoisotopic (exact) mass is 431 g/mol. The van der Waals surface area contributed by atoms with Crippen molar-refractivity contribution in [3.63, 3.8) is 0 Å². The summed E-state index contributed by atoms with van der Waals surface area (Å²) < 4.78 is 6.35. The van der Waals surface area contributed by atoms with E-state index in [4.69, 9.17) is 10.5 Å². The molecule has 4 N–H and O–H groups in total. The van der Waals surface area contributed by atoms with Crippen molar-refractivity contribution in [1.82, 2.24) is 10.3 Å². The number of rotatable bonds is 7. The molecule has 1 heterocycles. The van der Waals surface area contributed by atoms with Gasteiger partial charge in [-0.05, 0) is 45.6 Å². The van der Waals surface area contributed by atoms with Gasteiger partial charge >= 0.3 is 5.97 Å². The second-order valence-corrected chi connectivity index (χ2v) is 7.83. The van der Waals surface area contributed by atoms with E-state index in [1.807, 2.05) is 27.7 Å². The topological polar surface area (TPSA) is 115 Å². The number of aromatic carboxylic acids is 1. The van der Waals surface area contributed by atoms with Gasteiger partial charge in [0.25, 0.3) is 0 Å². The Morgan fingerprint density at radius 2 is 1.90 bits per heavy atom. The number of nitrogens with one attached hydrogen (secondary N) is 1. The van der Waals surface area contributed by atoms with E-state index in [9.17, 15) is 14.7 Å². The number of ether oxygens (including phenoxy) is 1. The Bertz CT molecular complexity index is 818. The molecule has 0 aromatic carbocycles. The number of nitrogens with two attached hydrogens (primary N) is 1. The van der Waals surface area contributed by atoms with Gasteiger partial charge in [0.15, 0.2) is 0 Å². The third kappa shape index (κ3) is 6.32. The number of carboxylic acids is 1. The summed E-state index contributed by atoms with van der Waals surface area (Å²) in [5.74, 6) is -0.677. The minimum absolute atomic E-state index is 0.00598. The van der Waals surface area contributed by atoms with E-state index < -0.39 is 5.97 Å². The van der Waals surface area contributed by atoms with Gasteiger partial charge in [0.2, 0.25) is 5.91 Å². The first kappa shape index (κ1) is 26.2. The van der Waals surface area contributed by atoms with Crippen molar-refractivity contribution in [2.24, 2.45) is 5.92 Å². The summed E-state index contributed by atoms with van der Waals surface area (Å²) in [6.07, 6.45) is 5.90. The molecule has 2 unspecified atom stereocenters. The third-order valence-corrected chi connectivity index (χ3v) is 5.38. The molecule has 2 atom stereocenters. The molecule has 2 rings (SSSR count). The van der Waals surface area contributed by atoms with Crippen molar-refractivity contribution >= 4 is 23.3 Å². The standard InChI is InChI=1S/C22H33N3O4.C2H4/c1-6-14-19(20(23)18(22(27)28)13(5)24-14)16(7-2)29-17-11-9-8-10-15(17)25-21(26)12(3)4;1-2/h7,12,15,17H,6,8-11H2,1-5H3,(H2,23,24)(H,25,26)(H,27,28);1-2H2/b16-7+;. The normalized spacial score (nSPS) is 18.7. The van der Waals surface area contributed by atoms with Crippen LogP contribution >= 0.6 is 0 Å². The Kier molecular flexibility index (Phi) is 10.3. The van der Waals surface area contributed by atoms with Crippen molar-refractivity contribution in [3.05, 3.63) is 41.7 Å². The molecular weight excluding hydrogens is 394 g/mol. The van der Waals surface area contributed by atoms with Gasteiger partial charge in [-0.15, -0.1) is 13.2 Å². The molecule has 1 aliphatic carbocycles. The molecule has 7 heteroatoms. The van der Waals surface area contributed by atoms with Gasteiger partial charge in [-0.25, -0.2) is 4.79 Å². The number of hydrogen-bond donors (Lipinski definition) is 3. The van der Waals surface area contributed by atoms with E-state index in [1.165, 1.54) is 0 Å². The molecule has 1 amide bonds. The second kappa shape index (κ2) is 12.1. The van der Waals surface area contributed by atoms with E-state index in [0.29, 0.717) is 29.1 Å². The number of allylic oxidation sites excluding steroid dienone is 1. The van der Waals surface area contributed by atoms with Crippen molar-refractivity contribution in [2.75, 3.05) is 5.73 Å². The van der Waals surface area contributed by atoms with Gasteiger partial charge in [0.05, 0.1) is 28.7 Å². The lowest BCUT2D eigenvalue weighted by Gasteiger charge is -2.34. The summed E-state index contributed by atoms with van der Waals surface area (Å²) in [6, 6.07) is -0.0859. The summed E-state index contributed by atoms with van der Waals surface area (Å²) in [5.41, 5.74) is 8.11. The van der Waals surface area contributed by atoms with E-state index in [0.717, 1.165) is 25.7 Å². The number of amides is 1. The molecule has 0 spiro atoms. The first-order chi connectivity index (χ1) is 14.7. The number of carboxylic acid groups (broad SMARTS) is 1. The summed E-state index contributed by atoms with van der Waals surface area (Å²) in [7, 11) is 0. The van der Waals surface area contributed by atoms with Crippen molar-refractivity contribution in [1.29, 1.82) is 0 Å². The molecule has 0 aliphatic heterocycles. The zero-order valence-corrected chi connectivity index (χ0v) is 19.5. The van der Waals surface area contributed by atoms with Crippen LogP contribution in [0, 0.1) is 12.8 Å². The van der Waals surface area contributed by atoms with Crippen LogP contribution in [0.15, 0.2) is 19.2 Å². The molecular formula is C24H37N3O4. The number of nitrogens with zero attached hydrogens (tertiary/aromatic N) is 1. The van der Waals surface area contributed by atoms with Crippen LogP contribution in [0.1, 0.15) is 80.7 Å². The van der Waals surface area contributed by atoms with Gasteiger partial charge in [-0.2, -0.15) is 0 Å². The maximum Gasteiger partial charge on any atom is 0.339 e. The molecule has 1 aliphatic rings. The van der Waals surface area contributed by atoms with E-state index >= 15 is 0 Å². The number of aryl methyl sites for hydroxylation is 2. The number of aromatic nitrogens is 1. The van der Waals surface area contributed by atoms with Crippen molar-refractivity contribution in [2.45, 2.75) is 78.9 Å². The van der Waals surface area contributed by atoms with E-state index in [1.54, 1.807) is 13.0 Å². The smallest absolute Gasteiger partial charge is 0.339 e.